The molecule has 28 heavy (non-hydrogen) atoms. The molecular formula is C25H33AuClP. The SMILES string of the molecule is PC(c1ccccc1-c1ccccc1)(C1CCCCC1)C1CCCCC1.[Cl][Au]. The fraction of sp³-hybridized carbons (Fsp3) is 0.520. The quantitative estimate of drug-likeness (QED) is 0.246. The topological polar surface area (TPSA) is 0 Å². The molecular weight excluding hydrogens is 564 g/mol. The zero-order chi connectivity index (χ0) is 19.8. The van der Waals surface area contributed by atoms with Crippen molar-refractivity contribution in [3.8, 4) is 11.1 Å². The van der Waals surface area contributed by atoms with Crippen molar-refractivity contribution in [2.75, 3.05) is 0 Å². The molecule has 0 heterocycles. The van der Waals surface area contributed by atoms with Gasteiger partial charge < -0.3 is 0 Å². The van der Waals surface area contributed by atoms with E-state index in [2.05, 4.69) is 73.0 Å². The molecule has 0 saturated heterocycles. The number of hydrogen-bond acceptors (Lipinski definition) is 0. The third kappa shape index (κ3) is 4.96. The van der Waals surface area contributed by atoms with Crippen molar-refractivity contribution in [3.05, 3.63) is 60.2 Å². The summed E-state index contributed by atoms with van der Waals surface area (Å²) < 4.78 is 0. The fourth-order valence-corrected chi connectivity index (χ4v) is 6.58. The Kier molecular flexibility index (Phi) is 9.14. The van der Waals surface area contributed by atoms with Crippen LogP contribution < -0.4 is 0 Å². The molecule has 2 aromatic carbocycles. The third-order valence-electron chi connectivity index (χ3n) is 7.04. The Morgan fingerprint density at radius 1 is 0.679 bits per heavy atom. The van der Waals surface area contributed by atoms with Gasteiger partial charge in [0.05, 0.1) is 0 Å². The molecule has 2 aliphatic rings. The molecule has 0 aliphatic heterocycles. The first-order valence-corrected chi connectivity index (χ1v) is 14.1. The second-order valence-electron chi connectivity index (χ2n) is 8.51. The first kappa shape index (κ1) is 22.6. The van der Waals surface area contributed by atoms with Gasteiger partial charge >= 0.3 is 29.2 Å². The van der Waals surface area contributed by atoms with Crippen LogP contribution in [0.1, 0.15) is 69.8 Å². The van der Waals surface area contributed by atoms with Gasteiger partial charge in [-0.15, -0.1) is 9.24 Å². The van der Waals surface area contributed by atoms with E-state index < -0.39 is 0 Å². The van der Waals surface area contributed by atoms with Gasteiger partial charge in [-0.3, -0.25) is 0 Å². The Morgan fingerprint density at radius 2 is 1.14 bits per heavy atom. The van der Waals surface area contributed by atoms with E-state index in [1.165, 1.54) is 75.3 Å². The van der Waals surface area contributed by atoms with Crippen LogP contribution in [0.4, 0.5) is 0 Å². The van der Waals surface area contributed by atoms with E-state index in [9.17, 15) is 0 Å². The molecule has 1 unspecified atom stereocenters. The fourth-order valence-electron chi connectivity index (χ4n) is 5.66. The van der Waals surface area contributed by atoms with Gasteiger partial charge in [0.15, 0.2) is 0 Å². The zero-order valence-corrected chi connectivity index (χ0v) is 20.8. The number of halogens is 1. The van der Waals surface area contributed by atoms with Crippen molar-refractivity contribution >= 4 is 18.4 Å². The van der Waals surface area contributed by atoms with E-state index in [0.29, 0.717) is 0 Å². The van der Waals surface area contributed by atoms with Crippen LogP contribution in [-0.4, -0.2) is 0 Å². The van der Waals surface area contributed by atoms with Crippen molar-refractivity contribution < 1.29 is 20.0 Å². The number of benzene rings is 2. The summed E-state index contributed by atoms with van der Waals surface area (Å²) in [5.74, 6) is 1.63. The van der Waals surface area contributed by atoms with Crippen LogP contribution in [0.15, 0.2) is 54.6 Å². The molecule has 0 N–H and O–H groups in total. The van der Waals surface area contributed by atoms with Crippen LogP contribution in [0.3, 0.4) is 0 Å². The molecule has 0 spiro atoms. The number of rotatable bonds is 4. The van der Waals surface area contributed by atoms with Crippen LogP contribution in [-0.2, 0) is 25.1 Å². The van der Waals surface area contributed by atoms with Crippen molar-refractivity contribution in [1.82, 2.24) is 0 Å². The summed E-state index contributed by atoms with van der Waals surface area (Å²) in [6.45, 7) is 0. The number of hydrogen-bond donors (Lipinski definition) is 0. The monoisotopic (exact) mass is 596 g/mol. The Morgan fingerprint density at radius 3 is 1.68 bits per heavy atom. The van der Waals surface area contributed by atoms with E-state index in [-0.39, 0.29) is 5.16 Å². The summed E-state index contributed by atoms with van der Waals surface area (Å²) in [7, 11) is 8.03. The summed E-state index contributed by atoms with van der Waals surface area (Å²) >= 11 is 1.75. The second-order valence-corrected chi connectivity index (χ2v) is 9.47. The van der Waals surface area contributed by atoms with Gasteiger partial charge in [-0.1, -0.05) is 93.1 Å². The molecule has 0 amide bonds. The van der Waals surface area contributed by atoms with Crippen molar-refractivity contribution in [3.63, 3.8) is 0 Å². The van der Waals surface area contributed by atoms with Crippen LogP contribution in [0.25, 0.3) is 11.1 Å². The molecule has 156 valence electrons. The molecule has 0 bridgehead atoms. The molecule has 0 radical (unpaired) electrons. The van der Waals surface area contributed by atoms with E-state index in [0.717, 1.165) is 11.8 Å². The summed E-state index contributed by atoms with van der Waals surface area (Å²) in [4.78, 5) is 0. The predicted molar refractivity (Wildman–Crippen MR) is 122 cm³/mol. The molecule has 4 rings (SSSR count). The molecule has 3 heteroatoms. The molecule has 2 saturated carbocycles. The average Bonchev–Trinajstić information content (AvgIpc) is 2.81. The predicted octanol–water partition coefficient (Wildman–Crippen LogP) is 8.27. The van der Waals surface area contributed by atoms with Crippen LogP contribution in [0.5, 0.6) is 0 Å². The Hall–Kier alpha value is -0.0997. The molecule has 0 aromatic heterocycles. The minimum atomic E-state index is 0.243. The van der Waals surface area contributed by atoms with Gasteiger partial charge in [-0.05, 0) is 54.2 Å². The van der Waals surface area contributed by atoms with Crippen LogP contribution in [0, 0.1) is 11.8 Å². The molecule has 0 nitrogen and oxygen atoms in total. The third-order valence-corrected chi connectivity index (χ3v) is 8.29. The summed E-state index contributed by atoms with van der Waals surface area (Å²) in [5, 5.41) is 0.243. The first-order chi connectivity index (χ1) is 13.8. The maximum absolute atomic E-state index is 4.58. The molecule has 2 aromatic rings. The standard InChI is InChI=1S/C25H33P.Au.ClH/c26-25(21-14-6-2-7-15-21,22-16-8-3-9-17-22)24-19-11-10-18-23(24)20-12-4-1-5-13-20;;/h1,4-5,10-13,18-19,21-22H,2-3,6-9,14-17,26H2;;1H/q;+1;/p-1. The first-order valence-electron chi connectivity index (χ1n) is 10.9. The minimum absolute atomic E-state index is 0.243. The van der Waals surface area contributed by atoms with Gasteiger partial charge in [0.1, 0.15) is 0 Å². The summed E-state index contributed by atoms with van der Waals surface area (Å²) in [6, 6.07) is 20.3. The summed E-state index contributed by atoms with van der Waals surface area (Å²) in [5.41, 5.74) is 4.43. The van der Waals surface area contributed by atoms with Crippen molar-refractivity contribution in [2.45, 2.75) is 69.4 Å². The molecule has 2 fully saturated rings. The zero-order valence-electron chi connectivity index (χ0n) is 16.7. The Labute approximate surface area is 190 Å². The average molecular weight is 597 g/mol. The van der Waals surface area contributed by atoms with Gasteiger partial charge in [-0.2, -0.15) is 0 Å². The normalized spacial score (nSPS) is 19.0. The maximum atomic E-state index is 4.58. The molecule has 2 aliphatic carbocycles. The Bertz CT molecular complexity index is 687. The van der Waals surface area contributed by atoms with Crippen molar-refractivity contribution in [1.29, 1.82) is 0 Å². The van der Waals surface area contributed by atoms with E-state index in [1.54, 1.807) is 25.5 Å². The van der Waals surface area contributed by atoms with Crippen molar-refractivity contribution in [2.24, 2.45) is 11.8 Å². The van der Waals surface area contributed by atoms with Gasteiger partial charge in [0, 0.05) is 5.16 Å². The Balaban J connectivity index is 0.00000109. The van der Waals surface area contributed by atoms with Gasteiger partial charge in [0.2, 0.25) is 0 Å². The van der Waals surface area contributed by atoms with Gasteiger partial charge in [0.25, 0.3) is 0 Å². The van der Waals surface area contributed by atoms with E-state index in [1.807, 2.05) is 0 Å². The second kappa shape index (κ2) is 11.3. The molecule has 1 atom stereocenters. The van der Waals surface area contributed by atoms with E-state index in [4.69, 9.17) is 0 Å². The van der Waals surface area contributed by atoms with E-state index >= 15 is 0 Å². The van der Waals surface area contributed by atoms with Gasteiger partial charge in [-0.25, -0.2) is 0 Å². The van der Waals surface area contributed by atoms with Crippen LogP contribution in [0.2, 0.25) is 0 Å². The summed E-state index contributed by atoms with van der Waals surface area (Å²) in [6.07, 6.45) is 14.2. The van der Waals surface area contributed by atoms with Crippen LogP contribution >= 0.6 is 18.4 Å².